The van der Waals surface area contributed by atoms with Crippen molar-refractivity contribution in [1.29, 1.82) is 0 Å². The van der Waals surface area contributed by atoms with Crippen LogP contribution in [0.3, 0.4) is 0 Å². The summed E-state index contributed by atoms with van der Waals surface area (Å²) in [6.07, 6.45) is 29.9. The van der Waals surface area contributed by atoms with Crippen molar-refractivity contribution < 1.29 is 28.5 Å². The van der Waals surface area contributed by atoms with Gasteiger partial charge in [-0.15, -0.1) is 0 Å². The second-order valence-electron chi connectivity index (χ2n) is 17.4. The van der Waals surface area contributed by atoms with Crippen molar-refractivity contribution in [3.8, 4) is 0 Å². The fourth-order valence-corrected chi connectivity index (χ4v) is 9.27. The average Bonchev–Trinajstić information content (AvgIpc) is 3.24. The third kappa shape index (κ3) is 17.0. The average molecular weight is 775 g/mol. The van der Waals surface area contributed by atoms with E-state index < -0.39 is 24.1 Å². The fraction of sp³-hybridized carbons (Fsp3) is 0.720. The lowest BCUT2D eigenvalue weighted by molar-refractivity contribution is -0.182. The number of esters is 2. The number of unbranched alkanes of at least 4 members (excludes halogenated alkanes) is 6. The van der Waals surface area contributed by atoms with Crippen molar-refractivity contribution in [2.24, 2.45) is 23.7 Å². The van der Waals surface area contributed by atoms with Crippen molar-refractivity contribution in [3.05, 3.63) is 70.8 Å². The van der Waals surface area contributed by atoms with Gasteiger partial charge in [0.2, 0.25) is 0 Å². The molecule has 2 aliphatic rings. The molecular weight excluding hydrogens is 697 g/mol. The number of methoxy groups -OCH3 is 2. The van der Waals surface area contributed by atoms with Crippen LogP contribution < -0.4 is 0 Å². The molecule has 6 heteroatoms. The number of carbonyl (C=O) groups excluding carboxylic acids is 2. The Morgan fingerprint density at radius 3 is 1.04 bits per heavy atom. The van der Waals surface area contributed by atoms with Gasteiger partial charge in [0.05, 0.1) is 27.4 Å². The van der Waals surface area contributed by atoms with Gasteiger partial charge in [0.1, 0.15) is 0 Å². The lowest BCUT2D eigenvalue weighted by Gasteiger charge is -2.28. The van der Waals surface area contributed by atoms with Crippen LogP contribution in [0.4, 0.5) is 0 Å². The Bertz CT molecular complexity index is 1220. The standard InChI is InChI=1S/C50H78O6/c1-5-7-9-15-39-21-25-41(26-22-39)17-11-13-19-43-29-33-45(34-30-43)37-55-47(49(51)53-3)48(50(52)54-4)56-38-46-35-31-44(32-36-46)20-14-12-18-42-27-23-40(24-28-42)16-10-8-6-2/h29-36,39-42,47-48H,5-28,37-38H2,1-4H3/t39?,40?,41?,42?,47-,48-/m1/s1. The van der Waals surface area contributed by atoms with Gasteiger partial charge in [0.15, 0.2) is 12.2 Å². The van der Waals surface area contributed by atoms with Gasteiger partial charge in [-0.3, -0.25) is 0 Å². The first kappa shape index (κ1) is 46.0. The molecule has 314 valence electrons. The van der Waals surface area contributed by atoms with Crippen LogP contribution >= 0.6 is 0 Å². The van der Waals surface area contributed by atoms with E-state index in [-0.39, 0.29) is 13.2 Å². The summed E-state index contributed by atoms with van der Waals surface area (Å²) in [5, 5.41) is 0. The Morgan fingerprint density at radius 1 is 0.464 bits per heavy atom. The van der Waals surface area contributed by atoms with Gasteiger partial charge in [-0.05, 0) is 71.6 Å². The normalized spacial score (nSPS) is 21.0. The minimum absolute atomic E-state index is 0.146. The monoisotopic (exact) mass is 775 g/mol. The summed E-state index contributed by atoms with van der Waals surface area (Å²) in [4.78, 5) is 25.8. The molecule has 2 aliphatic carbocycles. The van der Waals surface area contributed by atoms with Crippen LogP contribution in [0.15, 0.2) is 48.5 Å². The molecule has 2 saturated carbocycles. The van der Waals surface area contributed by atoms with Crippen LogP contribution in [-0.2, 0) is 54.6 Å². The smallest absolute Gasteiger partial charge is 0.338 e. The number of ether oxygens (including phenoxy) is 4. The maximum atomic E-state index is 12.9. The zero-order chi connectivity index (χ0) is 39.8. The van der Waals surface area contributed by atoms with Crippen molar-refractivity contribution in [2.45, 2.75) is 193 Å². The van der Waals surface area contributed by atoms with E-state index in [9.17, 15) is 9.59 Å². The maximum absolute atomic E-state index is 12.9. The molecule has 0 unspecified atom stereocenters. The Hall–Kier alpha value is -2.70. The Morgan fingerprint density at radius 2 is 0.750 bits per heavy atom. The predicted molar refractivity (Wildman–Crippen MR) is 228 cm³/mol. The minimum Gasteiger partial charge on any atom is -0.467 e. The third-order valence-corrected chi connectivity index (χ3v) is 13.1. The van der Waals surface area contributed by atoms with E-state index in [4.69, 9.17) is 18.9 Å². The molecule has 0 bridgehead atoms. The molecule has 0 saturated heterocycles. The van der Waals surface area contributed by atoms with Crippen LogP contribution in [0.5, 0.6) is 0 Å². The van der Waals surface area contributed by atoms with E-state index in [2.05, 4.69) is 38.1 Å². The largest absolute Gasteiger partial charge is 0.467 e. The Balaban J connectivity index is 1.15. The molecule has 2 aromatic carbocycles. The predicted octanol–water partition coefficient (Wildman–Crippen LogP) is 12.7. The van der Waals surface area contributed by atoms with Crippen molar-refractivity contribution >= 4 is 11.9 Å². The SMILES string of the molecule is CCCCCC1CCC(CCCCc2ccc(CO[C@@H](C(=O)OC)[C@@H](OCc3ccc(CCCCC4CCC(CCCCC)CC4)cc3)C(=O)OC)cc2)CC1. The van der Waals surface area contributed by atoms with Gasteiger partial charge in [0, 0.05) is 0 Å². The zero-order valence-electron chi connectivity index (χ0n) is 35.9. The number of aryl methyl sites for hydroxylation is 2. The van der Waals surface area contributed by atoms with Gasteiger partial charge in [-0.25, -0.2) is 9.59 Å². The number of rotatable bonds is 27. The summed E-state index contributed by atoms with van der Waals surface area (Å²) >= 11 is 0. The van der Waals surface area contributed by atoms with Crippen LogP contribution in [0.25, 0.3) is 0 Å². The van der Waals surface area contributed by atoms with Crippen LogP contribution in [0.2, 0.25) is 0 Å². The molecule has 6 nitrogen and oxygen atoms in total. The van der Waals surface area contributed by atoms with E-state index in [1.54, 1.807) is 0 Å². The van der Waals surface area contributed by atoms with E-state index in [1.165, 1.54) is 167 Å². The first-order valence-corrected chi connectivity index (χ1v) is 23.0. The zero-order valence-corrected chi connectivity index (χ0v) is 35.9. The molecule has 0 radical (unpaired) electrons. The van der Waals surface area contributed by atoms with Gasteiger partial charge in [-0.1, -0.05) is 191 Å². The highest BCUT2D eigenvalue weighted by atomic mass is 16.6. The van der Waals surface area contributed by atoms with E-state index in [0.29, 0.717) is 0 Å². The molecule has 2 aromatic rings. The molecule has 2 atom stereocenters. The quantitative estimate of drug-likeness (QED) is 0.0665. The topological polar surface area (TPSA) is 71.1 Å². The van der Waals surface area contributed by atoms with Crippen LogP contribution in [0, 0.1) is 23.7 Å². The molecule has 0 aliphatic heterocycles. The molecule has 0 N–H and O–H groups in total. The first-order chi connectivity index (χ1) is 27.4. The molecule has 0 spiro atoms. The number of hydrogen-bond acceptors (Lipinski definition) is 6. The summed E-state index contributed by atoms with van der Waals surface area (Å²) in [6.45, 7) is 4.88. The van der Waals surface area contributed by atoms with E-state index in [0.717, 1.165) is 47.6 Å². The summed E-state index contributed by atoms with van der Waals surface area (Å²) in [6, 6.07) is 16.7. The van der Waals surface area contributed by atoms with Crippen molar-refractivity contribution in [3.63, 3.8) is 0 Å². The molecule has 0 heterocycles. The highest BCUT2D eigenvalue weighted by Gasteiger charge is 2.38. The molecule has 2 fully saturated rings. The fourth-order valence-electron chi connectivity index (χ4n) is 9.27. The summed E-state index contributed by atoms with van der Waals surface area (Å²) < 4.78 is 22.2. The second-order valence-corrected chi connectivity index (χ2v) is 17.4. The number of hydrogen-bond donors (Lipinski definition) is 0. The Kier molecular flexibility index (Phi) is 22.2. The lowest BCUT2D eigenvalue weighted by Crippen LogP contribution is -2.44. The van der Waals surface area contributed by atoms with Crippen molar-refractivity contribution in [1.82, 2.24) is 0 Å². The first-order valence-electron chi connectivity index (χ1n) is 23.0. The van der Waals surface area contributed by atoms with Crippen molar-refractivity contribution in [2.75, 3.05) is 14.2 Å². The molecular formula is C50H78O6. The minimum atomic E-state index is -1.26. The molecule has 0 amide bonds. The highest BCUT2D eigenvalue weighted by Crippen LogP contribution is 2.36. The van der Waals surface area contributed by atoms with E-state index in [1.807, 2.05) is 24.3 Å². The van der Waals surface area contributed by atoms with E-state index >= 15 is 0 Å². The van der Waals surface area contributed by atoms with Crippen LogP contribution in [-0.4, -0.2) is 38.4 Å². The molecule has 0 aromatic heterocycles. The number of benzene rings is 2. The highest BCUT2D eigenvalue weighted by molar-refractivity contribution is 5.85. The third-order valence-electron chi connectivity index (χ3n) is 13.1. The Labute approximate surface area is 341 Å². The van der Waals surface area contributed by atoms with Crippen LogP contribution in [0.1, 0.15) is 177 Å². The molecule has 4 rings (SSSR count). The summed E-state index contributed by atoms with van der Waals surface area (Å²) in [5.74, 6) is 2.46. The van der Waals surface area contributed by atoms with Gasteiger partial charge < -0.3 is 18.9 Å². The second kappa shape index (κ2) is 27.1. The number of carbonyl (C=O) groups is 2. The van der Waals surface area contributed by atoms with Gasteiger partial charge >= 0.3 is 11.9 Å². The van der Waals surface area contributed by atoms with Gasteiger partial charge in [-0.2, -0.15) is 0 Å². The maximum Gasteiger partial charge on any atom is 0.338 e. The summed E-state index contributed by atoms with van der Waals surface area (Å²) in [7, 11) is 2.58. The summed E-state index contributed by atoms with van der Waals surface area (Å²) in [5.41, 5.74) is 4.46. The lowest BCUT2D eigenvalue weighted by atomic mass is 9.78. The van der Waals surface area contributed by atoms with Gasteiger partial charge in [0.25, 0.3) is 0 Å². The molecule has 56 heavy (non-hydrogen) atoms.